The predicted molar refractivity (Wildman–Crippen MR) is 202 cm³/mol. The Hall–Kier alpha value is -5.77. The van der Waals surface area contributed by atoms with Gasteiger partial charge in [0.2, 0.25) is 0 Å². The molecule has 220 valence electrons. The molecular weight excluding hydrogens is 589 g/mol. The van der Waals surface area contributed by atoms with E-state index in [0.29, 0.717) is 0 Å². The minimum Gasteiger partial charge on any atom is -0.359 e. The highest BCUT2D eigenvalue weighted by Crippen LogP contribution is 2.45. The van der Waals surface area contributed by atoms with Crippen LogP contribution in [0.15, 0.2) is 168 Å². The van der Waals surface area contributed by atoms with E-state index in [2.05, 4.69) is 163 Å². The normalized spacial score (nSPS) is 15.9. The average molecular weight is 617 g/mol. The Morgan fingerprint density at radius 1 is 0.532 bits per heavy atom. The molecule has 3 heteroatoms. The first-order chi connectivity index (χ1) is 23.3. The van der Waals surface area contributed by atoms with Crippen LogP contribution in [0.25, 0.3) is 69.3 Å². The number of allylic oxidation sites excluding steroid dienone is 2. The summed E-state index contributed by atoms with van der Waals surface area (Å²) in [5.74, 6) is 0.892. The lowest BCUT2D eigenvalue weighted by Crippen LogP contribution is -2.39. The molecule has 2 aliphatic rings. The van der Waals surface area contributed by atoms with Crippen molar-refractivity contribution in [3.63, 3.8) is 0 Å². The van der Waals surface area contributed by atoms with Crippen LogP contribution < -0.4 is 5.32 Å². The number of rotatable bonds is 3. The van der Waals surface area contributed by atoms with Crippen molar-refractivity contribution in [3.8, 4) is 11.1 Å². The fourth-order valence-corrected chi connectivity index (χ4v) is 8.81. The van der Waals surface area contributed by atoms with Crippen molar-refractivity contribution in [3.05, 3.63) is 174 Å². The van der Waals surface area contributed by atoms with Crippen LogP contribution in [0.2, 0.25) is 0 Å². The second-order valence-electron chi connectivity index (χ2n) is 12.3. The van der Waals surface area contributed by atoms with Crippen LogP contribution in [-0.2, 0) is 0 Å². The quantitative estimate of drug-likeness (QED) is 0.196. The van der Waals surface area contributed by atoms with E-state index in [4.69, 9.17) is 4.99 Å². The molecule has 0 amide bonds. The molecule has 2 nitrogen and oxygen atoms in total. The maximum Gasteiger partial charge on any atom is 0.135 e. The number of benzene rings is 7. The van der Waals surface area contributed by atoms with Crippen LogP contribution in [-0.4, -0.2) is 11.9 Å². The van der Waals surface area contributed by atoms with Gasteiger partial charge in [-0.05, 0) is 50.2 Å². The lowest BCUT2D eigenvalue weighted by Gasteiger charge is -2.28. The molecule has 47 heavy (non-hydrogen) atoms. The van der Waals surface area contributed by atoms with Gasteiger partial charge in [-0.3, -0.25) is 0 Å². The molecule has 2 heterocycles. The highest BCUT2D eigenvalue weighted by molar-refractivity contribution is 7.26. The Labute approximate surface area is 276 Å². The van der Waals surface area contributed by atoms with Crippen molar-refractivity contribution in [2.24, 2.45) is 4.99 Å². The fourth-order valence-electron chi connectivity index (χ4n) is 7.54. The summed E-state index contributed by atoms with van der Waals surface area (Å²) in [5.41, 5.74) is 6.77. The third-order valence-corrected chi connectivity index (χ3v) is 10.9. The molecule has 8 aromatic rings. The summed E-state index contributed by atoms with van der Waals surface area (Å²) < 4.78 is 2.69. The number of hydrogen-bond donors (Lipinski definition) is 1. The third-order valence-electron chi connectivity index (χ3n) is 9.70. The largest absolute Gasteiger partial charge is 0.359 e. The molecule has 1 unspecified atom stereocenters. The van der Waals surface area contributed by atoms with E-state index in [-0.39, 0.29) is 6.04 Å². The minimum absolute atomic E-state index is 0.0615. The first kappa shape index (κ1) is 26.4. The van der Waals surface area contributed by atoms with Gasteiger partial charge in [-0.25, -0.2) is 4.99 Å². The van der Waals surface area contributed by atoms with Crippen LogP contribution in [0.5, 0.6) is 0 Å². The fraction of sp³-hybridized carbons (Fsp3) is 0.0227. The van der Waals surface area contributed by atoms with Crippen molar-refractivity contribution in [2.75, 3.05) is 0 Å². The van der Waals surface area contributed by atoms with Crippen molar-refractivity contribution in [1.29, 1.82) is 0 Å². The van der Waals surface area contributed by atoms with Crippen molar-refractivity contribution >= 4 is 75.4 Å². The van der Waals surface area contributed by atoms with Gasteiger partial charge in [-0.15, -0.1) is 11.3 Å². The summed E-state index contributed by atoms with van der Waals surface area (Å²) in [5, 5.41) is 14.2. The summed E-state index contributed by atoms with van der Waals surface area (Å²) in [6.07, 6.45) is 8.61. The van der Waals surface area contributed by atoms with Gasteiger partial charge in [0, 0.05) is 42.3 Å². The summed E-state index contributed by atoms with van der Waals surface area (Å²) in [6, 6.07) is 48.6. The topological polar surface area (TPSA) is 24.4 Å². The van der Waals surface area contributed by atoms with E-state index in [9.17, 15) is 0 Å². The third kappa shape index (κ3) is 4.07. The van der Waals surface area contributed by atoms with Gasteiger partial charge in [0.15, 0.2) is 0 Å². The molecule has 0 bridgehead atoms. The van der Waals surface area contributed by atoms with E-state index in [1.54, 1.807) is 0 Å². The second-order valence-corrected chi connectivity index (χ2v) is 13.4. The van der Waals surface area contributed by atoms with Crippen LogP contribution in [0.3, 0.4) is 0 Å². The Morgan fingerprint density at radius 2 is 1.21 bits per heavy atom. The van der Waals surface area contributed by atoms with Crippen molar-refractivity contribution < 1.29 is 0 Å². The Balaban J connectivity index is 1.21. The lowest BCUT2D eigenvalue weighted by molar-refractivity contribution is 0.830. The van der Waals surface area contributed by atoms with E-state index in [1.165, 1.54) is 63.6 Å². The number of nitrogens with zero attached hydrogens (tertiary/aromatic N) is 1. The molecule has 0 fully saturated rings. The van der Waals surface area contributed by atoms with Gasteiger partial charge in [-0.2, -0.15) is 0 Å². The summed E-state index contributed by atoms with van der Waals surface area (Å²) in [6.45, 7) is 0. The number of nitrogens with one attached hydrogen (secondary N) is 1. The van der Waals surface area contributed by atoms with E-state index < -0.39 is 0 Å². The van der Waals surface area contributed by atoms with Gasteiger partial charge < -0.3 is 5.32 Å². The van der Waals surface area contributed by atoms with Gasteiger partial charge in [-0.1, -0.05) is 146 Å². The molecule has 1 atom stereocenters. The Kier molecular flexibility index (Phi) is 5.84. The molecule has 1 N–H and O–H groups in total. The van der Waals surface area contributed by atoms with Crippen LogP contribution >= 0.6 is 11.3 Å². The molecule has 1 aliphatic carbocycles. The van der Waals surface area contributed by atoms with Gasteiger partial charge in [0.1, 0.15) is 5.84 Å². The maximum absolute atomic E-state index is 5.30. The molecule has 10 rings (SSSR count). The van der Waals surface area contributed by atoms with E-state index in [0.717, 1.165) is 28.2 Å². The monoisotopic (exact) mass is 616 g/mol. The number of hydrogen-bond acceptors (Lipinski definition) is 3. The predicted octanol–water partition coefficient (Wildman–Crippen LogP) is 11.4. The average Bonchev–Trinajstić information content (AvgIpc) is 3.53. The highest BCUT2D eigenvalue weighted by atomic mass is 32.1. The van der Waals surface area contributed by atoms with Gasteiger partial charge >= 0.3 is 0 Å². The number of fused-ring (bicyclic) bond motifs is 11. The zero-order chi connectivity index (χ0) is 30.9. The molecule has 0 spiro atoms. The molecule has 7 aromatic carbocycles. The SMILES string of the molecule is C1=CC2=C(c3ccccc3)N=C(c3ccccc3-c3ccc4c(c3)c3ccccc3c3ccc5c6ccccc6sc5c34)NC2C=C1. The number of thiophene rings is 1. The smallest absolute Gasteiger partial charge is 0.135 e. The first-order valence-electron chi connectivity index (χ1n) is 16.1. The van der Waals surface area contributed by atoms with Gasteiger partial charge in [0.05, 0.1) is 11.7 Å². The number of aliphatic imine (C=N–C) groups is 1. The summed E-state index contributed by atoms with van der Waals surface area (Å²) in [7, 11) is 0. The molecular formula is C44H28N2S. The Bertz CT molecular complexity index is 2710. The second kappa shape index (κ2) is 10.4. The van der Waals surface area contributed by atoms with Crippen molar-refractivity contribution in [2.45, 2.75) is 6.04 Å². The summed E-state index contributed by atoms with van der Waals surface area (Å²) in [4.78, 5) is 5.30. The van der Waals surface area contributed by atoms with Gasteiger partial charge in [0.25, 0.3) is 0 Å². The van der Waals surface area contributed by atoms with E-state index in [1.807, 2.05) is 11.3 Å². The zero-order valence-electron chi connectivity index (χ0n) is 25.4. The van der Waals surface area contributed by atoms with E-state index >= 15 is 0 Å². The van der Waals surface area contributed by atoms with Crippen LogP contribution in [0.4, 0.5) is 0 Å². The molecule has 0 saturated heterocycles. The molecule has 0 radical (unpaired) electrons. The molecule has 1 aromatic heterocycles. The van der Waals surface area contributed by atoms with Crippen LogP contribution in [0.1, 0.15) is 11.1 Å². The first-order valence-corrected chi connectivity index (χ1v) is 16.9. The summed E-state index contributed by atoms with van der Waals surface area (Å²) >= 11 is 1.91. The molecule has 0 saturated carbocycles. The van der Waals surface area contributed by atoms with Crippen LogP contribution in [0, 0.1) is 0 Å². The lowest BCUT2D eigenvalue weighted by atomic mass is 9.89. The van der Waals surface area contributed by atoms with Crippen molar-refractivity contribution in [1.82, 2.24) is 5.32 Å². The zero-order valence-corrected chi connectivity index (χ0v) is 26.3. The maximum atomic E-state index is 5.30. The highest BCUT2D eigenvalue weighted by Gasteiger charge is 2.25. The molecule has 1 aliphatic heterocycles. The standard InChI is InChI=1S/C44H28N2S/c1-2-12-27(13-3-1)42-37-19-8-10-20-39(37)45-44(46-42)36-18-7-4-14-29(36)28-22-23-34-38(26-28)31-16-6-5-15-30(31)33-24-25-35-32-17-9-11-21-40(32)47-43(35)41(33)34/h1-26,39H,(H,45,46). The number of amidine groups is 1. The minimum atomic E-state index is 0.0615. The Morgan fingerprint density at radius 3 is 2.09 bits per heavy atom.